The fourth-order valence-electron chi connectivity index (χ4n) is 4.16. The number of hydrogen-bond acceptors (Lipinski definition) is 3. The number of aromatic hydroxyl groups is 1. The molecule has 0 spiro atoms. The summed E-state index contributed by atoms with van der Waals surface area (Å²) in [6.45, 7) is 3.38. The van der Waals surface area contributed by atoms with E-state index in [9.17, 15) is 5.11 Å². The SMILES string of the molecule is COc1ccc(C(C)N2CCCC3CCCC32)c(O)c1. The van der Waals surface area contributed by atoms with Gasteiger partial charge in [-0.05, 0) is 51.1 Å². The highest BCUT2D eigenvalue weighted by Crippen LogP contribution is 2.42. The molecule has 2 aliphatic rings. The van der Waals surface area contributed by atoms with Crippen LogP contribution in [-0.2, 0) is 0 Å². The summed E-state index contributed by atoms with van der Waals surface area (Å²) in [5.74, 6) is 1.96. The van der Waals surface area contributed by atoms with Crippen molar-refractivity contribution >= 4 is 0 Å². The van der Waals surface area contributed by atoms with Gasteiger partial charge in [-0.2, -0.15) is 0 Å². The predicted octanol–water partition coefficient (Wildman–Crippen LogP) is 3.73. The number of phenols is 1. The van der Waals surface area contributed by atoms with Crippen molar-refractivity contribution < 1.29 is 9.84 Å². The molecule has 3 unspecified atom stereocenters. The minimum Gasteiger partial charge on any atom is -0.507 e. The molecule has 3 nitrogen and oxygen atoms in total. The maximum Gasteiger partial charge on any atom is 0.124 e. The Labute approximate surface area is 121 Å². The first-order valence-electron chi connectivity index (χ1n) is 7.83. The van der Waals surface area contributed by atoms with Crippen LogP contribution < -0.4 is 4.74 Å². The molecule has 1 N–H and O–H groups in total. The van der Waals surface area contributed by atoms with Crippen molar-refractivity contribution in [2.75, 3.05) is 13.7 Å². The minimum absolute atomic E-state index is 0.284. The first-order valence-corrected chi connectivity index (χ1v) is 7.83. The van der Waals surface area contributed by atoms with Gasteiger partial charge >= 0.3 is 0 Å². The third-order valence-corrected chi connectivity index (χ3v) is 5.22. The number of piperidine rings is 1. The fourth-order valence-corrected chi connectivity index (χ4v) is 4.16. The van der Waals surface area contributed by atoms with Gasteiger partial charge in [0.25, 0.3) is 0 Å². The van der Waals surface area contributed by atoms with Crippen molar-refractivity contribution in [2.45, 2.75) is 51.1 Å². The number of fused-ring (bicyclic) bond motifs is 1. The molecule has 1 aromatic carbocycles. The smallest absolute Gasteiger partial charge is 0.124 e. The van der Waals surface area contributed by atoms with E-state index in [0.29, 0.717) is 5.75 Å². The molecule has 1 saturated heterocycles. The van der Waals surface area contributed by atoms with Gasteiger partial charge in [0.2, 0.25) is 0 Å². The lowest BCUT2D eigenvalue weighted by Gasteiger charge is -2.42. The summed E-state index contributed by atoms with van der Waals surface area (Å²) >= 11 is 0. The first-order chi connectivity index (χ1) is 9.70. The molecular weight excluding hydrogens is 250 g/mol. The molecule has 20 heavy (non-hydrogen) atoms. The van der Waals surface area contributed by atoms with Crippen LogP contribution in [0.1, 0.15) is 50.6 Å². The predicted molar refractivity (Wildman–Crippen MR) is 80.1 cm³/mol. The van der Waals surface area contributed by atoms with Crippen LogP contribution in [0.3, 0.4) is 0 Å². The lowest BCUT2D eigenvalue weighted by Crippen LogP contribution is -2.43. The molecule has 0 aromatic heterocycles. The third kappa shape index (κ3) is 2.39. The molecule has 3 heteroatoms. The molecule has 0 bridgehead atoms. The summed E-state index contributed by atoms with van der Waals surface area (Å²) in [5, 5.41) is 10.3. The zero-order valence-electron chi connectivity index (χ0n) is 12.5. The Morgan fingerprint density at radius 1 is 1.25 bits per heavy atom. The van der Waals surface area contributed by atoms with E-state index in [1.165, 1.54) is 32.1 Å². The quantitative estimate of drug-likeness (QED) is 0.912. The first kappa shape index (κ1) is 13.7. The number of likely N-dealkylation sites (tertiary alicyclic amines) is 1. The molecule has 1 aromatic rings. The molecule has 0 amide bonds. The summed E-state index contributed by atoms with van der Waals surface area (Å²) in [4.78, 5) is 2.61. The monoisotopic (exact) mass is 275 g/mol. The van der Waals surface area contributed by atoms with Crippen molar-refractivity contribution in [2.24, 2.45) is 5.92 Å². The highest BCUT2D eigenvalue weighted by Gasteiger charge is 2.37. The Balaban J connectivity index is 1.82. The second-order valence-electron chi connectivity index (χ2n) is 6.24. The molecule has 3 rings (SSSR count). The number of rotatable bonds is 3. The zero-order chi connectivity index (χ0) is 14.1. The number of ether oxygens (including phenoxy) is 1. The van der Waals surface area contributed by atoms with Gasteiger partial charge in [0.15, 0.2) is 0 Å². The largest absolute Gasteiger partial charge is 0.507 e. The Bertz CT molecular complexity index is 474. The molecule has 2 fully saturated rings. The average Bonchev–Trinajstić information content (AvgIpc) is 2.94. The van der Waals surface area contributed by atoms with Crippen LogP contribution in [0.25, 0.3) is 0 Å². The molecule has 110 valence electrons. The van der Waals surface area contributed by atoms with Gasteiger partial charge in [0.05, 0.1) is 7.11 Å². The van der Waals surface area contributed by atoms with Crippen LogP contribution in [0.15, 0.2) is 18.2 Å². The Morgan fingerprint density at radius 2 is 2.05 bits per heavy atom. The summed E-state index contributed by atoms with van der Waals surface area (Å²) in [7, 11) is 1.63. The molecule has 0 radical (unpaired) electrons. The molecular formula is C17H25NO2. The van der Waals surface area contributed by atoms with E-state index in [-0.39, 0.29) is 6.04 Å². The van der Waals surface area contributed by atoms with Gasteiger partial charge in [-0.1, -0.05) is 12.5 Å². The van der Waals surface area contributed by atoms with E-state index < -0.39 is 0 Å². The van der Waals surface area contributed by atoms with E-state index in [4.69, 9.17) is 4.74 Å². The standard InChI is InChI=1S/C17H25NO2/c1-12(15-9-8-14(20-2)11-17(15)19)18-10-4-6-13-5-3-7-16(13)18/h8-9,11-13,16,19H,3-7,10H2,1-2H3. The van der Waals surface area contributed by atoms with E-state index in [1.807, 2.05) is 12.1 Å². The topological polar surface area (TPSA) is 32.7 Å². The van der Waals surface area contributed by atoms with Crippen molar-refractivity contribution in [1.82, 2.24) is 4.90 Å². The summed E-state index contributed by atoms with van der Waals surface area (Å²) in [6.07, 6.45) is 6.77. The summed E-state index contributed by atoms with van der Waals surface area (Å²) in [6, 6.07) is 6.69. The fraction of sp³-hybridized carbons (Fsp3) is 0.647. The van der Waals surface area contributed by atoms with E-state index in [2.05, 4.69) is 11.8 Å². The maximum atomic E-state index is 10.3. The van der Waals surface area contributed by atoms with E-state index in [0.717, 1.165) is 29.8 Å². The van der Waals surface area contributed by atoms with Crippen LogP contribution in [-0.4, -0.2) is 29.7 Å². The molecule has 1 aliphatic carbocycles. The normalized spacial score (nSPS) is 28.1. The van der Waals surface area contributed by atoms with Crippen molar-refractivity contribution in [3.05, 3.63) is 23.8 Å². The van der Waals surface area contributed by atoms with Crippen molar-refractivity contribution in [3.8, 4) is 11.5 Å². The van der Waals surface area contributed by atoms with Gasteiger partial charge in [-0.15, -0.1) is 0 Å². The number of methoxy groups -OCH3 is 1. The van der Waals surface area contributed by atoms with Crippen molar-refractivity contribution in [3.63, 3.8) is 0 Å². The molecule has 1 saturated carbocycles. The van der Waals surface area contributed by atoms with E-state index >= 15 is 0 Å². The molecule has 3 atom stereocenters. The lowest BCUT2D eigenvalue weighted by molar-refractivity contribution is 0.0734. The van der Waals surface area contributed by atoms with Gasteiger partial charge in [0, 0.05) is 23.7 Å². The summed E-state index contributed by atoms with van der Waals surface area (Å²) in [5.41, 5.74) is 1.03. The second kappa shape index (κ2) is 5.65. The number of benzene rings is 1. The van der Waals surface area contributed by atoms with Crippen LogP contribution in [0.4, 0.5) is 0 Å². The third-order valence-electron chi connectivity index (χ3n) is 5.22. The van der Waals surface area contributed by atoms with E-state index in [1.54, 1.807) is 13.2 Å². The number of phenolic OH excluding ortho intramolecular Hbond substituents is 1. The van der Waals surface area contributed by atoms with Crippen LogP contribution in [0, 0.1) is 5.92 Å². The highest BCUT2D eigenvalue weighted by atomic mass is 16.5. The van der Waals surface area contributed by atoms with Gasteiger partial charge in [0.1, 0.15) is 11.5 Å². The van der Waals surface area contributed by atoms with Gasteiger partial charge in [-0.25, -0.2) is 0 Å². The van der Waals surface area contributed by atoms with Crippen LogP contribution in [0.2, 0.25) is 0 Å². The van der Waals surface area contributed by atoms with Gasteiger partial charge < -0.3 is 9.84 Å². The maximum absolute atomic E-state index is 10.3. The average molecular weight is 275 g/mol. The molecule has 1 heterocycles. The number of hydrogen-bond donors (Lipinski definition) is 1. The van der Waals surface area contributed by atoms with Crippen LogP contribution in [0.5, 0.6) is 11.5 Å². The van der Waals surface area contributed by atoms with Gasteiger partial charge in [-0.3, -0.25) is 4.90 Å². The van der Waals surface area contributed by atoms with Crippen molar-refractivity contribution in [1.29, 1.82) is 0 Å². The Hall–Kier alpha value is -1.22. The Morgan fingerprint density at radius 3 is 2.80 bits per heavy atom. The Kier molecular flexibility index (Phi) is 3.88. The second-order valence-corrected chi connectivity index (χ2v) is 6.24. The lowest BCUT2D eigenvalue weighted by atomic mass is 9.89. The number of nitrogens with zero attached hydrogens (tertiary/aromatic N) is 1. The zero-order valence-corrected chi connectivity index (χ0v) is 12.5. The highest BCUT2D eigenvalue weighted by molar-refractivity contribution is 5.41. The van der Waals surface area contributed by atoms with Crippen LogP contribution >= 0.6 is 0 Å². The molecule has 1 aliphatic heterocycles. The summed E-state index contributed by atoms with van der Waals surface area (Å²) < 4.78 is 5.17. The minimum atomic E-state index is 0.284.